The number of hydrogen-bond acceptors (Lipinski definition) is 4. The van der Waals surface area contributed by atoms with Gasteiger partial charge < -0.3 is 9.64 Å². The Hall–Kier alpha value is -2.95. The number of nitrogens with zero attached hydrogens (tertiary/aromatic N) is 3. The average Bonchev–Trinajstić information content (AvgIpc) is 2.62. The molecule has 5 heteroatoms. The molecule has 3 aromatic rings. The number of fused-ring (bicyclic) bond motifs is 1. The summed E-state index contributed by atoms with van der Waals surface area (Å²) in [4.78, 5) is 22.7. The predicted octanol–water partition coefficient (Wildman–Crippen LogP) is 3.09. The summed E-state index contributed by atoms with van der Waals surface area (Å²) in [5.41, 5.74) is 3.02. The molecule has 24 heavy (non-hydrogen) atoms. The second kappa shape index (κ2) is 7.08. The number of carbonyl (C=O) groups is 1. The van der Waals surface area contributed by atoms with E-state index in [1.165, 1.54) is 11.8 Å². The molecular formula is C19H19N3O2. The van der Waals surface area contributed by atoms with Crippen LogP contribution in [0, 0.1) is 6.92 Å². The van der Waals surface area contributed by atoms with Gasteiger partial charge in [0.15, 0.2) is 0 Å². The third-order valence-corrected chi connectivity index (χ3v) is 3.73. The van der Waals surface area contributed by atoms with Crippen molar-refractivity contribution in [2.45, 2.75) is 6.92 Å². The molecule has 0 atom stereocenters. The van der Waals surface area contributed by atoms with E-state index >= 15 is 0 Å². The highest BCUT2D eigenvalue weighted by Crippen LogP contribution is 2.12. The van der Waals surface area contributed by atoms with Crippen LogP contribution >= 0.6 is 0 Å². The third-order valence-electron chi connectivity index (χ3n) is 3.73. The van der Waals surface area contributed by atoms with E-state index in [-0.39, 0.29) is 5.91 Å². The standard InChI is InChI=1S/C19H19N3O2/c1-14-7-9-15(10-8-14)24-12-11-22(2)19(23)18-13-20-16-5-3-4-6-17(16)21-18/h3-10,13H,11-12H2,1-2H3. The van der Waals surface area contributed by atoms with E-state index in [9.17, 15) is 4.79 Å². The maximum Gasteiger partial charge on any atom is 0.273 e. The summed E-state index contributed by atoms with van der Waals surface area (Å²) in [6, 6.07) is 15.3. The Balaban J connectivity index is 1.60. The van der Waals surface area contributed by atoms with Gasteiger partial charge in [0, 0.05) is 7.05 Å². The molecule has 0 bridgehead atoms. The van der Waals surface area contributed by atoms with E-state index in [2.05, 4.69) is 9.97 Å². The van der Waals surface area contributed by atoms with Gasteiger partial charge in [-0.3, -0.25) is 9.78 Å². The van der Waals surface area contributed by atoms with E-state index in [1.54, 1.807) is 11.9 Å². The van der Waals surface area contributed by atoms with Gasteiger partial charge in [0.05, 0.1) is 23.8 Å². The van der Waals surface area contributed by atoms with Gasteiger partial charge in [0.25, 0.3) is 5.91 Å². The maximum absolute atomic E-state index is 12.4. The SMILES string of the molecule is Cc1ccc(OCCN(C)C(=O)c2cnc3ccccc3n2)cc1. The Morgan fingerprint density at radius 2 is 1.79 bits per heavy atom. The Morgan fingerprint density at radius 3 is 2.54 bits per heavy atom. The molecule has 0 aliphatic heterocycles. The number of carbonyl (C=O) groups excluding carboxylic acids is 1. The van der Waals surface area contributed by atoms with Crippen molar-refractivity contribution in [2.24, 2.45) is 0 Å². The molecule has 0 N–H and O–H groups in total. The highest BCUT2D eigenvalue weighted by atomic mass is 16.5. The first-order valence-electron chi connectivity index (χ1n) is 7.80. The fourth-order valence-corrected chi connectivity index (χ4v) is 2.29. The van der Waals surface area contributed by atoms with Crippen molar-refractivity contribution < 1.29 is 9.53 Å². The van der Waals surface area contributed by atoms with Gasteiger partial charge in [-0.25, -0.2) is 4.98 Å². The van der Waals surface area contributed by atoms with Gasteiger partial charge in [0.2, 0.25) is 0 Å². The molecule has 0 spiro atoms. The zero-order chi connectivity index (χ0) is 16.9. The number of amides is 1. The van der Waals surface area contributed by atoms with Crippen molar-refractivity contribution in [1.82, 2.24) is 14.9 Å². The van der Waals surface area contributed by atoms with Crippen molar-refractivity contribution in [3.05, 3.63) is 66.0 Å². The molecule has 3 rings (SSSR count). The van der Waals surface area contributed by atoms with Crippen LogP contribution in [0.5, 0.6) is 5.75 Å². The Labute approximate surface area is 140 Å². The molecule has 2 aromatic carbocycles. The summed E-state index contributed by atoms with van der Waals surface area (Å²) in [6.07, 6.45) is 1.52. The van der Waals surface area contributed by atoms with Gasteiger partial charge in [0.1, 0.15) is 18.1 Å². The van der Waals surface area contributed by atoms with Crippen LogP contribution < -0.4 is 4.74 Å². The molecule has 1 aromatic heterocycles. The molecule has 0 radical (unpaired) electrons. The van der Waals surface area contributed by atoms with Crippen molar-refractivity contribution in [2.75, 3.05) is 20.2 Å². The lowest BCUT2D eigenvalue weighted by atomic mass is 10.2. The Kier molecular flexibility index (Phi) is 4.70. The van der Waals surface area contributed by atoms with Gasteiger partial charge in [-0.15, -0.1) is 0 Å². The quantitative estimate of drug-likeness (QED) is 0.724. The third kappa shape index (κ3) is 3.68. The molecule has 0 unspecified atom stereocenters. The number of hydrogen-bond donors (Lipinski definition) is 0. The first kappa shape index (κ1) is 15.9. The molecule has 1 heterocycles. The minimum Gasteiger partial charge on any atom is -0.492 e. The van der Waals surface area contributed by atoms with Gasteiger partial charge in [-0.1, -0.05) is 29.8 Å². The highest BCUT2D eigenvalue weighted by molar-refractivity contribution is 5.93. The second-order valence-electron chi connectivity index (χ2n) is 5.63. The fraction of sp³-hybridized carbons (Fsp3) is 0.211. The van der Waals surface area contributed by atoms with Crippen LogP contribution in [0.2, 0.25) is 0 Å². The number of ether oxygens (including phenoxy) is 1. The zero-order valence-corrected chi connectivity index (χ0v) is 13.8. The van der Waals surface area contributed by atoms with Gasteiger partial charge in [-0.05, 0) is 31.2 Å². The van der Waals surface area contributed by atoms with Crippen LogP contribution in [0.15, 0.2) is 54.7 Å². The van der Waals surface area contributed by atoms with Crippen LogP contribution in [0.25, 0.3) is 11.0 Å². The highest BCUT2D eigenvalue weighted by Gasteiger charge is 2.14. The average molecular weight is 321 g/mol. The number of aromatic nitrogens is 2. The lowest BCUT2D eigenvalue weighted by molar-refractivity contribution is 0.0768. The molecule has 1 amide bonds. The molecule has 122 valence electrons. The summed E-state index contributed by atoms with van der Waals surface area (Å²) < 4.78 is 5.66. The van der Waals surface area contributed by atoms with Crippen LogP contribution in [0.3, 0.4) is 0 Å². The van der Waals surface area contributed by atoms with E-state index in [4.69, 9.17) is 4.74 Å². The smallest absolute Gasteiger partial charge is 0.273 e. The van der Waals surface area contributed by atoms with Gasteiger partial charge in [-0.2, -0.15) is 0 Å². The second-order valence-corrected chi connectivity index (χ2v) is 5.63. The predicted molar refractivity (Wildman–Crippen MR) is 93.2 cm³/mol. The van der Waals surface area contributed by atoms with Crippen molar-refractivity contribution in [3.8, 4) is 5.75 Å². The van der Waals surface area contributed by atoms with Crippen LogP contribution in [-0.2, 0) is 0 Å². The minimum absolute atomic E-state index is 0.166. The normalized spacial score (nSPS) is 10.6. The summed E-state index contributed by atoms with van der Waals surface area (Å²) in [5, 5.41) is 0. The number of rotatable bonds is 5. The lowest BCUT2D eigenvalue weighted by Crippen LogP contribution is -2.31. The van der Waals surface area contributed by atoms with E-state index < -0.39 is 0 Å². The molecule has 0 aliphatic rings. The molecule has 0 aliphatic carbocycles. The van der Waals surface area contributed by atoms with Crippen LogP contribution in [-0.4, -0.2) is 41.0 Å². The first-order chi connectivity index (χ1) is 11.6. The van der Waals surface area contributed by atoms with Crippen molar-refractivity contribution in [3.63, 3.8) is 0 Å². The Morgan fingerprint density at radius 1 is 1.08 bits per heavy atom. The number of para-hydroxylation sites is 2. The first-order valence-corrected chi connectivity index (χ1v) is 7.80. The summed E-state index contributed by atoms with van der Waals surface area (Å²) >= 11 is 0. The Bertz CT molecular complexity index is 847. The van der Waals surface area contributed by atoms with Crippen molar-refractivity contribution >= 4 is 16.9 Å². The molecule has 0 fully saturated rings. The largest absolute Gasteiger partial charge is 0.492 e. The monoisotopic (exact) mass is 321 g/mol. The molecule has 0 saturated heterocycles. The minimum atomic E-state index is -0.166. The molecule has 5 nitrogen and oxygen atoms in total. The summed E-state index contributed by atoms with van der Waals surface area (Å²) in [6.45, 7) is 2.92. The van der Waals surface area contributed by atoms with Crippen LogP contribution in [0.4, 0.5) is 0 Å². The number of aryl methyl sites for hydroxylation is 1. The number of benzene rings is 2. The molecule has 0 saturated carbocycles. The topological polar surface area (TPSA) is 55.3 Å². The zero-order valence-electron chi connectivity index (χ0n) is 13.8. The van der Waals surface area contributed by atoms with Crippen LogP contribution in [0.1, 0.15) is 16.1 Å². The van der Waals surface area contributed by atoms with Gasteiger partial charge >= 0.3 is 0 Å². The fourth-order valence-electron chi connectivity index (χ4n) is 2.29. The van der Waals surface area contributed by atoms with Crippen molar-refractivity contribution in [1.29, 1.82) is 0 Å². The molecular weight excluding hydrogens is 302 g/mol. The summed E-state index contributed by atoms with van der Waals surface area (Å²) in [7, 11) is 1.73. The van der Waals surface area contributed by atoms with E-state index in [0.717, 1.165) is 11.3 Å². The summed E-state index contributed by atoms with van der Waals surface area (Å²) in [5.74, 6) is 0.632. The van der Waals surface area contributed by atoms with E-state index in [1.807, 2.05) is 55.5 Å². The maximum atomic E-state index is 12.4. The number of likely N-dealkylation sites (N-methyl/N-ethyl adjacent to an activating group) is 1. The lowest BCUT2D eigenvalue weighted by Gasteiger charge is -2.17. The van der Waals surface area contributed by atoms with E-state index in [0.29, 0.717) is 24.4 Å².